The molecule has 1 N–H and O–H groups in total. The van der Waals surface area contributed by atoms with E-state index in [1.54, 1.807) is 0 Å². The molecule has 2 heterocycles. The maximum absolute atomic E-state index is 13.3. The molecule has 0 fully saturated rings. The second-order valence-electron chi connectivity index (χ2n) is 7.49. The van der Waals surface area contributed by atoms with Gasteiger partial charge in [0.1, 0.15) is 17.4 Å². The molecule has 0 aliphatic rings. The lowest BCUT2D eigenvalue weighted by Crippen LogP contribution is -2.17. The molecule has 10 heteroatoms. The normalized spacial score (nSPS) is 11.0. The standard InChI is InChI=1S/C23H19FN4O4S/c1-13(2)21-27-28-19(29)11-18(26-23(28)33-21)12-32-22(31)14-6-8-17(9-7-14)25-20(30)15-4-3-5-16(24)10-15/h3-11,13H,12H2,1-2H3,(H,25,30). The van der Waals surface area contributed by atoms with E-state index in [1.807, 2.05) is 13.8 Å². The van der Waals surface area contributed by atoms with Crippen molar-refractivity contribution in [1.29, 1.82) is 0 Å². The molecule has 0 radical (unpaired) electrons. The summed E-state index contributed by atoms with van der Waals surface area (Å²) in [6.45, 7) is 3.78. The fraction of sp³-hybridized carbons (Fsp3) is 0.174. The van der Waals surface area contributed by atoms with Crippen LogP contribution in [-0.2, 0) is 11.3 Å². The van der Waals surface area contributed by atoms with E-state index in [-0.39, 0.29) is 29.2 Å². The van der Waals surface area contributed by atoms with Gasteiger partial charge in [-0.25, -0.2) is 14.2 Å². The van der Waals surface area contributed by atoms with Crippen LogP contribution in [0.5, 0.6) is 0 Å². The number of carbonyl (C=O) groups excluding carboxylic acids is 2. The zero-order chi connectivity index (χ0) is 23.5. The Labute approximate surface area is 191 Å². The second-order valence-corrected chi connectivity index (χ2v) is 8.48. The number of ether oxygens (including phenoxy) is 1. The fourth-order valence-electron chi connectivity index (χ4n) is 2.92. The van der Waals surface area contributed by atoms with Crippen LogP contribution in [0.1, 0.15) is 51.2 Å². The molecule has 1 amide bonds. The van der Waals surface area contributed by atoms with E-state index in [9.17, 15) is 18.8 Å². The largest absolute Gasteiger partial charge is 0.456 e. The highest BCUT2D eigenvalue weighted by molar-refractivity contribution is 7.16. The number of rotatable bonds is 6. The minimum absolute atomic E-state index is 0.166. The van der Waals surface area contributed by atoms with E-state index in [4.69, 9.17) is 4.74 Å². The van der Waals surface area contributed by atoms with Gasteiger partial charge in [0.15, 0.2) is 0 Å². The summed E-state index contributed by atoms with van der Waals surface area (Å²) in [6.07, 6.45) is 0. The van der Waals surface area contributed by atoms with Gasteiger partial charge in [0.25, 0.3) is 11.5 Å². The van der Waals surface area contributed by atoms with E-state index < -0.39 is 17.7 Å². The molecule has 0 aliphatic carbocycles. The number of benzene rings is 2. The molecule has 0 aliphatic heterocycles. The van der Waals surface area contributed by atoms with Crippen molar-refractivity contribution in [2.45, 2.75) is 26.4 Å². The van der Waals surface area contributed by atoms with Crippen molar-refractivity contribution in [3.63, 3.8) is 0 Å². The molecule has 4 rings (SSSR count). The zero-order valence-corrected chi connectivity index (χ0v) is 18.6. The molecule has 168 valence electrons. The summed E-state index contributed by atoms with van der Waals surface area (Å²) in [4.78, 5) is 41.6. The predicted octanol–water partition coefficient (Wildman–Crippen LogP) is 4.02. The van der Waals surface area contributed by atoms with Crippen molar-refractivity contribution in [3.05, 3.63) is 92.6 Å². The van der Waals surface area contributed by atoms with Gasteiger partial charge in [-0.1, -0.05) is 31.3 Å². The van der Waals surface area contributed by atoms with Crippen molar-refractivity contribution < 1.29 is 18.7 Å². The fourth-order valence-corrected chi connectivity index (χ4v) is 3.85. The first-order valence-electron chi connectivity index (χ1n) is 10.0. The van der Waals surface area contributed by atoms with E-state index in [0.29, 0.717) is 16.3 Å². The third-order valence-electron chi connectivity index (χ3n) is 4.62. The molecule has 2 aromatic heterocycles. The molecule has 0 unspecified atom stereocenters. The van der Waals surface area contributed by atoms with Crippen LogP contribution >= 0.6 is 11.3 Å². The maximum atomic E-state index is 13.3. The van der Waals surface area contributed by atoms with E-state index in [2.05, 4.69) is 15.4 Å². The number of hydrogen-bond donors (Lipinski definition) is 1. The molecule has 2 aromatic carbocycles. The van der Waals surface area contributed by atoms with E-state index in [0.717, 1.165) is 11.1 Å². The van der Waals surface area contributed by atoms with Gasteiger partial charge in [0, 0.05) is 23.2 Å². The number of nitrogens with zero attached hydrogens (tertiary/aromatic N) is 3. The van der Waals surface area contributed by atoms with Crippen molar-refractivity contribution in [2.75, 3.05) is 5.32 Å². The molecule has 0 saturated heterocycles. The molecule has 4 aromatic rings. The number of anilines is 1. The highest BCUT2D eigenvalue weighted by atomic mass is 32.1. The zero-order valence-electron chi connectivity index (χ0n) is 17.7. The topological polar surface area (TPSA) is 103 Å². The second kappa shape index (κ2) is 9.29. The average molecular weight is 466 g/mol. The monoisotopic (exact) mass is 466 g/mol. The van der Waals surface area contributed by atoms with Crippen LogP contribution in [0.3, 0.4) is 0 Å². The number of aromatic nitrogens is 3. The quantitative estimate of drug-likeness (QED) is 0.431. The Hall–Kier alpha value is -3.92. The van der Waals surface area contributed by atoms with Gasteiger partial charge in [-0.05, 0) is 42.5 Å². The Bertz CT molecular complexity index is 1400. The Morgan fingerprint density at radius 2 is 1.88 bits per heavy atom. The first-order chi connectivity index (χ1) is 15.8. The maximum Gasteiger partial charge on any atom is 0.338 e. The van der Waals surface area contributed by atoms with Crippen LogP contribution < -0.4 is 10.9 Å². The molecular formula is C23H19FN4O4S. The van der Waals surface area contributed by atoms with Gasteiger partial charge in [-0.2, -0.15) is 9.61 Å². The lowest BCUT2D eigenvalue weighted by atomic mass is 10.2. The summed E-state index contributed by atoms with van der Waals surface area (Å²) < 4.78 is 19.8. The van der Waals surface area contributed by atoms with Crippen LogP contribution in [-0.4, -0.2) is 26.5 Å². The molecule has 33 heavy (non-hydrogen) atoms. The molecule has 0 bridgehead atoms. The highest BCUT2D eigenvalue weighted by Crippen LogP contribution is 2.20. The molecule has 0 atom stereocenters. The molecular weight excluding hydrogens is 447 g/mol. The lowest BCUT2D eigenvalue weighted by molar-refractivity contribution is 0.0467. The Kier molecular flexibility index (Phi) is 6.27. The Morgan fingerprint density at radius 1 is 1.12 bits per heavy atom. The van der Waals surface area contributed by atoms with Gasteiger partial charge in [-0.3, -0.25) is 9.59 Å². The van der Waals surface area contributed by atoms with Gasteiger partial charge in [0.2, 0.25) is 4.96 Å². The number of fused-ring (bicyclic) bond motifs is 1. The third-order valence-corrected chi connectivity index (χ3v) is 5.83. The third kappa shape index (κ3) is 5.12. The van der Waals surface area contributed by atoms with Crippen molar-refractivity contribution in [1.82, 2.24) is 14.6 Å². The number of amides is 1. The SMILES string of the molecule is CC(C)c1nn2c(=O)cc(COC(=O)c3ccc(NC(=O)c4cccc(F)c4)cc3)nc2s1. The van der Waals surface area contributed by atoms with Crippen molar-refractivity contribution in [3.8, 4) is 0 Å². The Balaban J connectivity index is 1.40. The average Bonchev–Trinajstić information content (AvgIpc) is 3.23. The van der Waals surface area contributed by atoms with Gasteiger partial charge in [0.05, 0.1) is 11.3 Å². The van der Waals surface area contributed by atoms with Gasteiger partial charge >= 0.3 is 5.97 Å². The summed E-state index contributed by atoms with van der Waals surface area (Å²) in [7, 11) is 0. The summed E-state index contributed by atoms with van der Waals surface area (Å²) in [6, 6.07) is 12.7. The molecule has 8 nitrogen and oxygen atoms in total. The number of carbonyl (C=O) groups is 2. The molecule has 0 saturated carbocycles. The first-order valence-corrected chi connectivity index (χ1v) is 10.9. The molecule has 0 spiro atoms. The predicted molar refractivity (Wildman–Crippen MR) is 121 cm³/mol. The van der Waals surface area contributed by atoms with Crippen LogP contribution in [0.2, 0.25) is 0 Å². The number of halogens is 1. The van der Waals surface area contributed by atoms with Crippen LogP contribution in [0.4, 0.5) is 10.1 Å². The van der Waals surface area contributed by atoms with E-state index in [1.165, 1.54) is 64.4 Å². The Morgan fingerprint density at radius 3 is 2.58 bits per heavy atom. The number of nitrogens with one attached hydrogen (secondary N) is 1. The van der Waals surface area contributed by atoms with Gasteiger partial charge in [-0.15, -0.1) is 0 Å². The summed E-state index contributed by atoms with van der Waals surface area (Å²) in [5, 5.41) is 7.67. The number of hydrogen-bond acceptors (Lipinski definition) is 7. The summed E-state index contributed by atoms with van der Waals surface area (Å²) >= 11 is 1.31. The summed E-state index contributed by atoms with van der Waals surface area (Å²) in [5.41, 5.74) is 0.864. The minimum Gasteiger partial charge on any atom is -0.456 e. The first kappa shape index (κ1) is 22.3. The minimum atomic E-state index is -0.604. The lowest BCUT2D eigenvalue weighted by Gasteiger charge is -2.07. The number of esters is 1. The van der Waals surface area contributed by atoms with Gasteiger partial charge < -0.3 is 10.1 Å². The highest BCUT2D eigenvalue weighted by Gasteiger charge is 2.14. The van der Waals surface area contributed by atoms with Crippen molar-refractivity contribution >= 4 is 33.9 Å². The van der Waals surface area contributed by atoms with Crippen LogP contribution in [0.15, 0.2) is 59.4 Å². The van der Waals surface area contributed by atoms with E-state index >= 15 is 0 Å². The van der Waals surface area contributed by atoms with Crippen LogP contribution in [0, 0.1) is 5.82 Å². The van der Waals surface area contributed by atoms with Crippen LogP contribution in [0.25, 0.3) is 4.96 Å². The summed E-state index contributed by atoms with van der Waals surface area (Å²) in [5.74, 6) is -1.42. The smallest absolute Gasteiger partial charge is 0.338 e. The van der Waals surface area contributed by atoms with Crippen molar-refractivity contribution in [2.24, 2.45) is 0 Å².